The topological polar surface area (TPSA) is 27.1 Å². The second-order valence-electron chi connectivity index (χ2n) is 8.00. The number of imidazole rings is 1. The molecule has 4 rings (SSSR count). The van der Waals surface area contributed by atoms with Crippen LogP contribution in [0.1, 0.15) is 46.7 Å². The summed E-state index contributed by atoms with van der Waals surface area (Å²) in [5, 5.41) is 0.697. The third-order valence-corrected chi connectivity index (χ3v) is 6.26. The first-order chi connectivity index (χ1) is 14.3. The van der Waals surface area contributed by atoms with Gasteiger partial charge in [-0.05, 0) is 98.8 Å². The maximum absolute atomic E-state index is 6.23. The van der Waals surface area contributed by atoms with Gasteiger partial charge >= 0.3 is 0 Å². The molecular weight excluding hydrogens is 392 g/mol. The van der Waals surface area contributed by atoms with Crippen molar-refractivity contribution in [3.05, 3.63) is 93.3 Å². The van der Waals surface area contributed by atoms with Crippen molar-refractivity contribution in [2.45, 2.75) is 47.3 Å². The van der Waals surface area contributed by atoms with Crippen LogP contribution < -0.4 is 4.74 Å². The van der Waals surface area contributed by atoms with Crippen molar-refractivity contribution >= 4 is 22.6 Å². The summed E-state index contributed by atoms with van der Waals surface area (Å²) < 4.78 is 8.53. The van der Waals surface area contributed by atoms with Gasteiger partial charge < -0.3 is 9.30 Å². The molecule has 0 fully saturated rings. The molecule has 154 valence electrons. The van der Waals surface area contributed by atoms with E-state index in [1.165, 1.54) is 27.8 Å². The number of nitrogens with zero attached hydrogens (tertiary/aromatic N) is 2. The number of para-hydroxylation sites is 2. The number of hydrogen-bond acceptors (Lipinski definition) is 2. The Kier molecular flexibility index (Phi) is 5.57. The molecule has 30 heavy (non-hydrogen) atoms. The van der Waals surface area contributed by atoms with Crippen LogP contribution in [0.25, 0.3) is 11.0 Å². The molecule has 4 heteroatoms. The summed E-state index contributed by atoms with van der Waals surface area (Å²) in [4.78, 5) is 4.94. The first kappa shape index (κ1) is 20.5. The molecule has 3 aromatic carbocycles. The van der Waals surface area contributed by atoms with Gasteiger partial charge in [0, 0.05) is 5.02 Å². The molecule has 1 aromatic heterocycles. The average molecular weight is 419 g/mol. The standard InChI is InChI=1S/C26H27ClN2O/c1-16-14-17(2)19(4)23(18(16)3)15-29-25-9-7-6-8-24(25)28-26(29)20(5)30-22-12-10-21(27)11-13-22/h6-14,20H,15H2,1-5H3. The molecule has 3 nitrogen and oxygen atoms in total. The van der Waals surface area contributed by atoms with Crippen molar-refractivity contribution < 1.29 is 4.74 Å². The number of aryl methyl sites for hydroxylation is 2. The fraction of sp³-hybridized carbons (Fsp3) is 0.269. The number of ether oxygens (including phenoxy) is 1. The monoisotopic (exact) mass is 418 g/mol. The highest BCUT2D eigenvalue weighted by atomic mass is 35.5. The van der Waals surface area contributed by atoms with Crippen LogP contribution in [0.3, 0.4) is 0 Å². The molecule has 0 N–H and O–H groups in total. The van der Waals surface area contributed by atoms with Crippen molar-refractivity contribution in [1.82, 2.24) is 9.55 Å². The van der Waals surface area contributed by atoms with Crippen LogP contribution in [0, 0.1) is 27.7 Å². The molecule has 0 aliphatic heterocycles. The molecular formula is C26H27ClN2O. The lowest BCUT2D eigenvalue weighted by molar-refractivity contribution is 0.212. The maximum Gasteiger partial charge on any atom is 0.153 e. The normalized spacial score (nSPS) is 12.3. The van der Waals surface area contributed by atoms with Gasteiger partial charge in [0.05, 0.1) is 17.6 Å². The van der Waals surface area contributed by atoms with Crippen LogP contribution in [0.2, 0.25) is 5.02 Å². The van der Waals surface area contributed by atoms with Gasteiger partial charge in [-0.15, -0.1) is 0 Å². The van der Waals surface area contributed by atoms with Crippen LogP contribution in [-0.4, -0.2) is 9.55 Å². The van der Waals surface area contributed by atoms with Gasteiger partial charge in [-0.3, -0.25) is 0 Å². The van der Waals surface area contributed by atoms with Gasteiger partial charge in [-0.25, -0.2) is 4.98 Å². The Morgan fingerprint density at radius 1 is 0.933 bits per heavy atom. The highest BCUT2D eigenvalue weighted by Crippen LogP contribution is 2.29. The summed E-state index contributed by atoms with van der Waals surface area (Å²) >= 11 is 6.02. The average Bonchev–Trinajstić information content (AvgIpc) is 3.10. The van der Waals surface area contributed by atoms with E-state index >= 15 is 0 Å². The van der Waals surface area contributed by atoms with Crippen molar-refractivity contribution in [2.75, 3.05) is 0 Å². The highest BCUT2D eigenvalue weighted by Gasteiger charge is 2.20. The van der Waals surface area contributed by atoms with Crippen LogP contribution in [0.4, 0.5) is 0 Å². The van der Waals surface area contributed by atoms with Gasteiger partial charge in [-0.2, -0.15) is 0 Å². The molecule has 0 saturated carbocycles. The minimum absolute atomic E-state index is 0.204. The lowest BCUT2D eigenvalue weighted by atomic mass is 9.94. The van der Waals surface area contributed by atoms with Gasteiger partial charge in [0.25, 0.3) is 0 Å². The van der Waals surface area contributed by atoms with Crippen LogP contribution in [-0.2, 0) is 6.54 Å². The molecule has 1 atom stereocenters. The maximum atomic E-state index is 6.23. The summed E-state index contributed by atoms with van der Waals surface area (Å²) in [6.45, 7) is 11.6. The van der Waals surface area contributed by atoms with Crippen molar-refractivity contribution in [2.24, 2.45) is 0 Å². The lowest BCUT2D eigenvalue weighted by Crippen LogP contribution is -2.14. The van der Waals surface area contributed by atoms with E-state index in [0.29, 0.717) is 5.02 Å². The summed E-state index contributed by atoms with van der Waals surface area (Å²) in [6, 6.07) is 18.0. The number of benzene rings is 3. The fourth-order valence-corrected chi connectivity index (χ4v) is 4.16. The zero-order valence-corrected chi connectivity index (χ0v) is 18.9. The summed E-state index contributed by atoms with van der Waals surface area (Å²) in [5.41, 5.74) is 8.79. The molecule has 0 amide bonds. The fourth-order valence-electron chi connectivity index (χ4n) is 4.03. The van der Waals surface area contributed by atoms with Crippen molar-refractivity contribution in [3.8, 4) is 5.75 Å². The van der Waals surface area contributed by atoms with Gasteiger partial charge in [0.2, 0.25) is 0 Å². The van der Waals surface area contributed by atoms with Crippen molar-refractivity contribution in [3.63, 3.8) is 0 Å². The zero-order valence-electron chi connectivity index (χ0n) is 18.2. The molecule has 1 heterocycles. The van der Waals surface area contributed by atoms with Gasteiger partial charge in [-0.1, -0.05) is 29.8 Å². The Hall–Kier alpha value is -2.78. The minimum atomic E-state index is -0.204. The SMILES string of the molecule is Cc1cc(C)c(C)c(Cn2c(C(C)Oc3ccc(Cl)cc3)nc3ccccc32)c1C. The second-order valence-corrected chi connectivity index (χ2v) is 8.43. The number of fused-ring (bicyclic) bond motifs is 1. The predicted molar refractivity (Wildman–Crippen MR) is 125 cm³/mol. The van der Waals surface area contributed by atoms with E-state index in [9.17, 15) is 0 Å². The molecule has 1 unspecified atom stereocenters. The summed E-state index contributed by atoms with van der Waals surface area (Å²) in [7, 11) is 0. The van der Waals surface area contributed by atoms with E-state index in [-0.39, 0.29) is 6.10 Å². The minimum Gasteiger partial charge on any atom is -0.483 e. The molecule has 0 aliphatic rings. The molecule has 0 radical (unpaired) electrons. The molecule has 4 aromatic rings. The Morgan fingerprint density at radius 2 is 1.57 bits per heavy atom. The van der Waals surface area contributed by atoms with E-state index in [0.717, 1.165) is 29.2 Å². The molecule has 0 saturated heterocycles. The summed E-state index contributed by atoms with van der Waals surface area (Å²) in [6.07, 6.45) is -0.204. The Morgan fingerprint density at radius 3 is 2.23 bits per heavy atom. The third-order valence-electron chi connectivity index (χ3n) is 6.01. The molecule has 0 spiro atoms. The Labute approximate surface area is 183 Å². The van der Waals surface area contributed by atoms with E-state index in [1.807, 2.05) is 37.3 Å². The first-order valence-electron chi connectivity index (χ1n) is 10.3. The van der Waals surface area contributed by atoms with E-state index in [1.54, 1.807) is 0 Å². The van der Waals surface area contributed by atoms with Crippen LogP contribution in [0.5, 0.6) is 5.75 Å². The smallest absolute Gasteiger partial charge is 0.153 e. The predicted octanol–water partition coefficient (Wildman–Crippen LogP) is 7.11. The third kappa shape index (κ3) is 3.82. The zero-order chi connectivity index (χ0) is 21.4. The number of rotatable bonds is 5. The van der Waals surface area contributed by atoms with Crippen LogP contribution >= 0.6 is 11.6 Å². The Balaban J connectivity index is 1.79. The largest absolute Gasteiger partial charge is 0.483 e. The van der Waals surface area contributed by atoms with E-state index in [2.05, 4.69) is 56.5 Å². The number of hydrogen-bond donors (Lipinski definition) is 0. The lowest BCUT2D eigenvalue weighted by Gasteiger charge is -2.20. The van der Waals surface area contributed by atoms with Gasteiger partial charge in [0.1, 0.15) is 5.75 Å². The Bertz CT molecular complexity index is 1180. The molecule has 0 bridgehead atoms. The first-order valence-corrected chi connectivity index (χ1v) is 10.7. The number of halogens is 1. The van der Waals surface area contributed by atoms with E-state index < -0.39 is 0 Å². The van der Waals surface area contributed by atoms with Crippen molar-refractivity contribution in [1.29, 1.82) is 0 Å². The quantitative estimate of drug-likeness (QED) is 0.345. The second kappa shape index (κ2) is 8.16. The van der Waals surface area contributed by atoms with Crippen LogP contribution in [0.15, 0.2) is 54.6 Å². The highest BCUT2D eigenvalue weighted by molar-refractivity contribution is 6.30. The van der Waals surface area contributed by atoms with E-state index in [4.69, 9.17) is 21.3 Å². The summed E-state index contributed by atoms with van der Waals surface area (Å²) in [5.74, 6) is 1.70. The van der Waals surface area contributed by atoms with Gasteiger partial charge in [0.15, 0.2) is 11.9 Å². The number of aromatic nitrogens is 2. The molecule has 0 aliphatic carbocycles.